The Morgan fingerprint density at radius 2 is 1.79 bits per heavy atom. The monoisotopic (exact) mass is 381 g/mol. The average Bonchev–Trinajstić information content (AvgIpc) is 3.14. The summed E-state index contributed by atoms with van der Waals surface area (Å²) in [4.78, 5) is 28.0. The molecule has 3 rings (SSSR count). The van der Waals surface area contributed by atoms with Gasteiger partial charge in [0.1, 0.15) is 12.3 Å². The first-order valence-corrected chi connectivity index (χ1v) is 8.97. The normalized spacial score (nSPS) is 10.8. The Labute approximate surface area is 162 Å². The highest BCUT2D eigenvalue weighted by Gasteiger charge is 2.06. The molecule has 28 heavy (non-hydrogen) atoms. The van der Waals surface area contributed by atoms with Gasteiger partial charge in [0.05, 0.1) is 6.10 Å². The zero-order chi connectivity index (χ0) is 19.9. The molecule has 0 fully saturated rings. The molecule has 0 radical (unpaired) electrons. The molecule has 2 heterocycles. The first-order chi connectivity index (χ1) is 13.5. The maximum atomic E-state index is 12.1. The topological polar surface area (TPSA) is 96.8 Å². The number of benzene rings is 1. The second-order valence-corrected chi connectivity index (χ2v) is 6.52. The van der Waals surface area contributed by atoms with Gasteiger partial charge in [0.15, 0.2) is 0 Å². The van der Waals surface area contributed by atoms with E-state index >= 15 is 0 Å². The summed E-state index contributed by atoms with van der Waals surface area (Å²) >= 11 is 0. The van der Waals surface area contributed by atoms with E-state index in [9.17, 15) is 9.59 Å². The molecule has 0 aliphatic heterocycles. The molecule has 1 aromatic carbocycles. The van der Waals surface area contributed by atoms with Crippen molar-refractivity contribution in [3.05, 3.63) is 60.6 Å². The van der Waals surface area contributed by atoms with Crippen LogP contribution in [-0.4, -0.2) is 34.0 Å². The van der Waals surface area contributed by atoms with Crippen LogP contribution in [0.4, 0.5) is 16.2 Å². The van der Waals surface area contributed by atoms with Gasteiger partial charge in [-0.2, -0.15) is 0 Å². The fourth-order valence-electron chi connectivity index (χ4n) is 2.50. The Kier molecular flexibility index (Phi) is 6.23. The number of imidazole rings is 1. The van der Waals surface area contributed by atoms with Gasteiger partial charge in [0, 0.05) is 36.5 Å². The van der Waals surface area contributed by atoms with Gasteiger partial charge in [-0.25, -0.2) is 9.78 Å². The van der Waals surface area contributed by atoms with Crippen LogP contribution in [0.25, 0.3) is 5.65 Å². The number of aromatic nitrogens is 2. The van der Waals surface area contributed by atoms with E-state index in [0.717, 1.165) is 11.2 Å². The Bertz CT molecular complexity index is 950. The van der Waals surface area contributed by atoms with E-state index in [1.54, 1.807) is 30.5 Å². The molecule has 3 N–H and O–H groups in total. The third-order valence-electron chi connectivity index (χ3n) is 3.88. The van der Waals surface area contributed by atoms with E-state index in [-0.39, 0.29) is 24.6 Å². The SMILES string of the molecule is CC(C)OCC(=O)Nc1ccc(NC(=O)NCc2ccc3nccn3c2)cc1. The molecule has 0 unspecified atom stereocenters. The minimum Gasteiger partial charge on any atom is -0.369 e. The van der Waals surface area contributed by atoms with Gasteiger partial charge >= 0.3 is 6.03 Å². The number of anilines is 2. The average molecular weight is 381 g/mol. The molecule has 0 aliphatic rings. The third-order valence-corrected chi connectivity index (χ3v) is 3.88. The number of rotatable bonds is 7. The lowest BCUT2D eigenvalue weighted by molar-refractivity contribution is -0.121. The number of fused-ring (bicyclic) bond motifs is 1. The van der Waals surface area contributed by atoms with E-state index in [1.807, 2.05) is 42.8 Å². The maximum Gasteiger partial charge on any atom is 0.319 e. The molecule has 3 amide bonds. The van der Waals surface area contributed by atoms with Crippen LogP contribution in [0.5, 0.6) is 0 Å². The summed E-state index contributed by atoms with van der Waals surface area (Å²) in [5, 5.41) is 8.30. The predicted molar refractivity (Wildman–Crippen MR) is 107 cm³/mol. The molecule has 0 spiro atoms. The largest absolute Gasteiger partial charge is 0.369 e. The summed E-state index contributed by atoms with van der Waals surface area (Å²) in [6.07, 6.45) is 5.50. The fourth-order valence-corrected chi connectivity index (χ4v) is 2.50. The molecule has 8 heteroatoms. The van der Waals surface area contributed by atoms with Crippen LogP contribution in [0.2, 0.25) is 0 Å². The van der Waals surface area contributed by atoms with Crippen LogP contribution in [0.15, 0.2) is 55.0 Å². The molecule has 8 nitrogen and oxygen atoms in total. The van der Waals surface area contributed by atoms with Gasteiger partial charge in [0.25, 0.3) is 0 Å². The summed E-state index contributed by atoms with van der Waals surface area (Å²) in [5.41, 5.74) is 3.08. The summed E-state index contributed by atoms with van der Waals surface area (Å²) in [5.74, 6) is -0.220. The standard InChI is InChI=1S/C20H23N5O3/c1-14(2)28-13-19(26)23-16-4-6-17(7-5-16)24-20(27)22-11-15-3-8-18-21-9-10-25(18)12-15/h3-10,12,14H,11,13H2,1-2H3,(H,23,26)(H2,22,24,27). The highest BCUT2D eigenvalue weighted by Crippen LogP contribution is 2.13. The van der Waals surface area contributed by atoms with Crippen LogP contribution in [0.3, 0.4) is 0 Å². The van der Waals surface area contributed by atoms with Crippen molar-refractivity contribution in [3.63, 3.8) is 0 Å². The molecular formula is C20H23N5O3. The number of hydrogen-bond acceptors (Lipinski definition) is 4. The van der Waals surface area contributed by atoms with Crippen LogP contribution < -0.4 is 16.0 Å². The van der Waals surface area contributed by atoms with E-state index < -0.39 is 0 Å². The van der Waals surface area contributed by atoms with Gasteiger partial charge in [-0.15, -0.1) is 0 Å². The number of carbonyl (C=O) groups is 2. The Morgan fingerprint density at radius 1 is 1.07 bits per heavy atom. The number of nitrogens with one attached hydrogen (secondary N) is 3. The van der Waals surface area contributed by atoms with Crippen LogP contribution >= 0.6 is 0 Å². The van der Waals surface area contributed by atoms with Crippen molar-refractivity contribution in [1.29, 1.82) is 0 Å². The molecule has 3 aromatic rings. The Morgan fingerprint density at radius 3 is 2.50 bits per heavy atom. The van der Waals surface area contributed by atoms with Crippen LogP contribution in [0, 0.1) is 0 Å². The van der Waals surface area contributed by atoms with Gasteiger partial charge in [-0.3, -0.25) is 4.79 Å². The molecular weight excluding hydrogens is 358 g/mol. The minimum atomic E-state index is -0.312. The maximum absolute atomic E-state index is 12.1. The second kappa shape index (κ2) is 9.01. The predicted octanol–water partition coefficient (Wildman–Crippen LogP) is 3.02. The van der Waals surface area contributed by atoms with E-state index in [0.29, 0.717) is 17.9 Å². The van der Waals surface area contributed by atoms with Gasteiger partial charge in [0.2, 0.25) is 5.91 Å². The fraction of sp³-hybridized carbons (Fsp3) is 0.250. The Hall–Kier alpha value is -3.39. The van der Waals surface area contributed by atoms with Crippen molar-refractivity contribution >= 4 is 29.0 Å². The van der Waals surface area contributed by atoms with Crippen molar-refractivity contribution in [2.75, 3.05) is 17.2 Å². The number of carbonyl (C=O) groups excluding carboxylic acids is 2. The summed E-state index contributed by atoms with van der Waals surface area (Å²) in [6, 6.07) is 10.4. The first kappa shape index (κ1) is 19.4. The van der Waals surface area contributed by atoms with Gasteiger partial charge in [-0.1, -0.05) is 6.07 Å². The minimum absolute atomic E-state index is 0.00213. The number of ether oxygens (including phenoxy) is 1. The van der Waals surface area contributed by atoms with Crippen molar-refractivity contribution < 1.29 is 14.3 Å². The zero-order valence-corrected chi connectivity index (χ0v) is 15.8. The highest BCUT2D eigenvalue weighted by molar-refractivity contribution is 5.93. The van der Waals surface area contributed by atoms with E-state index in [4.69, 9.17) is 4.74 Å². The summed E-state index contributed by atoms with van der Waals surface area (Å²) < 4.78 is 7.15. The third kappa shape index (κ3) is 5.55. The first-order valence-electron chi connectivity index (χ1n) is 8.97. The second-order valence-electron chi connectivity index (χ2n) is 6.52. The van der Waals surface area contributed by atoms with E-state index in [1.165, 1.54) is 0 Å². The van der Waals surface area contributed by atoms with Crippen LogP contribution in [-0.2, 0) is 16.1 Å². The highest BCUT2D eigenvalue weighted by atomic mass is 16.5. The quantitative estimate of drug-likeness (QED) is 0.586. The molecule has 0 aliphatic carbocycles. The zero-order valence-electron chi connectivity index (χ0n) is 15.8. The van der Waals surface area contributed by atoms with Crippen molar-refractivity contribution in [2.24, 2.45) is 0 Å². The molecule has 0 atom stereocenters. The summed E-state index contributed by atoms with van der Waals surface area (Å²) in [6.45, 7) is 4.14. The van der Waals surface area contributed by atoms with Crippen LogP contribution in [0.1, 0.15) is 19.4 Å². The lowest BCUT2D eigenvalue weighted by Crippen LogP contribution is -2.28. The van der Waals surface area contributed by atoms with Gasteiger partial charge in [-0.05, 0) is 49.7 Å². The number of urea groups is 1. The molecule has 0 saturated carbocycles. The number of amides is 3. The smallest absolute Gasteiger partial charge is 0.319 e. The molecule has 0 bridgehead atoms. The van der Waals surface area contributed by atoms with E-state index in [2.05, 4.69) is 20.9 Å². The lowest BCUT2D eigenvalue weighted by Gasteiger charge is -2.10. The summed E-state index contributed by atoms with van der Waals surface area (Å²) in [7, 11) is 0. The number of nitrogens with zero attached hydrogens (tertiary/aromatic N) is 2. The molecule has 146 valence electrons. The van der Waals surface area contributed by atoms with Gasteiger partial charge < -0.3 is 25.1 Å². The Balaban J connectivity index is 1.46. The lowest BCUT2D eigenvalue weighted by atomic mass is 10.2. The number of pyridine rings is 1. The van der Waals surface area contributed by atoms with Crippen molar-refractivity contribution in [2.45, 2.75) is 26.5 Å². The molecule has 2 aromatic heterocycles. The number of hydrogen-bond donors (Lipinski definition) is 3. The van der Waals surface area contributed by atoms with Crippen molar-refractivity contribution in [1.82, 2.24) is 14.7 Å². The van der Waals surface area contributed by atoms with Crippen molar-refractivity contribution in [3.8, 4) is 0 Å². The molecule has 0 saturated heterocycles.